The van der Waals surface area contributed by atoms with Crippen molar-refractivity contribution in [1.29, 1.82) is 0 Å². The van der Waals surface area contributed by atoms with E-state index in [2.05, 4.69) is 108 Å². The van der Waals surface area contributed by atoms with Crippen LogP contribution in [0.4, 0.5) is 0 Å². The van der Waals surface area contributed by atoms with Crippen LogP contribution in [0.2, 0.25) is 0 Å². The number of hydrogen-bond acceptors (Lipinski definition) is 2. The normalized spacial score (nSPS) is 16.4. The maximum Gasteiger partial charge on any atom is 0.268 e. The van der Waals surface area contributed by atoms with Crippen molar-refractivity contribution in [2.24, 2.45) is 0 Å². The summed E-state index contributed by atoms with van der Waals surface area (Å²) in [5.74, 6) is 1.44. The molecule has 6 heteroatoms. The van der Waals surface area contributed by atoms with Gasteiger partial charge in [0.25, 0.3) is 6.33 Å². The number of nitrogens with zero attached hydrogens (tertiary/aromatic N) is 4. The Morgan fingerprint density at radius 1 is 0.600 bits per heavy atom. The number of fused-ring (bicyclic) bond motifs is 11. The molecule has 2 aliphatic rings. The van der Waals surface area contributed by atoms with Gasteiger partial charge in [0, 0.05) is 52.5 Å². The molecule has 1 aliphatic heterocycles. The van der Waals surface area contributed by atoms with E-state index < -0.39 is 31.8 Å². The average molecular weight is 1230 g/mol. The van der Waals surface area contributed by atoms with Gasteiger partial charge in [-0.1, -0.05) is 175 Å². The first-order valence-corrected chi connectivity index (χ1v) is 26.9. The van der Waals surface area contributed by atoms with Gasteiger partial charge in [0.2, 0.25) is 0 Å². The molecule has 12 aromatic rings. The van der Waals surface area contributed by atoms with Crippen LogP contribution in [-0.4, -0.2) is 14.1 Å². The number of para-hydroxylation sites is 2. The van der Waals surface area contributed by atoms with Crippen LogP contribution in [0.3, 0.4) is 0 Å². The number of hydrogen-bond donors (Lipinski definition) is 0. The number of aryl methyl sites for hydroxylation is 2. The molecule has 14 rings (SSSR count). The van der Waals surface area contributed by atoms with E-state index in [0.717, 1.165) is 68.3 Å². The summed E-state index contributed by atoms with van der Waals surface area (Å²) < 4.78 is 112. The zero-order valence-corrected chi connectivity index (χ0v) is 47.7. The van der Waals surface area contributed by atoms with Crippen LogP contribution in [0.5, 0.6) is 11.5 Å². The standard InChI is InChI=1S/C74H62N4O.Pt/c1-46-20-17-21-47(2)69(46)49-38-62-56-27-14-13-26-55(56)60-43-63-64(74(8,9)36-35-73(63,6)7)44-61(60)59-30-19-29-54(48-22-11-10-12-23-48)70(59)77-45-76(67(39-49)71(62)77)51-24-18-25-52(41-51)79-53-32-33-58-57-28-15-16-31-65(57)78(66(58)42-53)68-40-50(34-37-75-68)72(3,4)5;/h10-34,37-40,43-44H,35-36H2,1-9H3;/q-2;/i1D3,2D3,10D,11D,12D,22D,23D;. The van der Waals surface area contributed by atoms with Gasteiger partial charge < -0.3 is 13.9 Å². The van der Waals surface area contributed by atoms with Crippen LogP contribution < -0.4 is 9.30 Å². The molecule has 5 nitrogen and oxygen atoms in total. The van der Waals surface area contributed by atoms with Crippen molar-refractivity contribution in [3.8, 4) is 84.3 Å². The first-order valence-electron chi connectivity index (χ1n) is 32.4. The largest absolute Gasteiger partial charge is 0.510 e. The Morgan fingerprint density at radius 2 is 1.25 bits per heavy atom. The number of pyridine rings is 1. The Labute approximate surface area is 499 Å². The zero-order chi connectivity index (χ0) is 63.5. The molecule has 0 bridgehead atoms. The van der Waals surface area contributed by atoms with E-state index in [4.69, 9.17) is 22.1 Å². The molecule has 0 fully saturated rings. The van der Waals surface area contributed by atoms with Gasteiger partial charge in [-0.25, -0.2) is 4.98 Å². The van der Waals surface area contributed by atoms with Crippen molar-refractivity contribution in [1.82, 2.24) is 14.1 Å². The summed E-state index contributed by atoms with van der Waals surface area (Å²) in [5.41, 5.74) is 11.3. The maximum atomic E-state index is 9.56. The number of imidazole rings is 1. The number of ether oxygens (including phenoxy) is 1. The predicted octanol–water partition coefficient (Wildman–Crippen LogP) is 18.5. The fourth-order valence-corrected chi connectivity index (χ4v) is 12.3. The van der Waals surface area contributed by atoms with E-state index in [0.29, 0.717) is 56.2 Å². The maximum absolute atomic E-state index is 9.56. The first-order chi connectivity index (χ1) is 42.6. The molecule has 396 valence electrons. The second-order valence-electron chi connectivity index (χ2n) is 23.4. The van der Waals surface area contributed by atoms with E-state index in [9.17, 15) is 2.74 Å². The summed E-state index contributed by atoms with van der Waals surface area (Å²) in [6.45, 7) is 10.1. The fourth-order valence-electron chi connectivity index (χ4n) is 12.3. The fraction of sp³-hybridized carbons (Fsp3) is 0.189. The van der Waals surface area contributed by atoms with Crippen LogP contribution in [0.15, 0.2) is 188 Å². The van der Waals surface area contributed by atoms with E-state index in [1.54, 1.807) is 22.8 Å². The van der Waals surface area contributed by atoms with Gasteiger partial charge in [-0.3, -0.25) is 4.57 Å². The second-order valence-corrected chi connectivity index (χ2v) is 23.4. The van der Waals surface area contributed by atoms with Crippen molar-refractivity contribution < 1.29 is 45.4 Å². The van der Waals surface area contributed by atoms with Crippen LogP contribution in [-0.2, 0) is 37.3 Å². The van der Waals surface area contributed by atoms with Crippen molar-refractivity contribution in [2.75, 3.05) is 0 Å². The van der Waals surface area contributed by atoms with Gasteiger partial charge in [0.15, 0.2) is 0 Å². The van der Waals surface area contributed by atoms with E-state index in [-0.39, 0.29) is 71.6 Å². The quantitative estimate of drug-likeness (QED) is 0.123. The Bertz CT molecular complexity index is 4970. The Kier molecular flexibility index (Phi) is 9.54. The molecule has 0 atom stereocenters. The first kappa shape index (κ1) is 40.1. The van der Waals surface area contributed by atoms with Gasteiger partial charge in [-0.2, -0.15) is 18.2 Å². The van der Waals surface area contributed by atoms with Gasteiger partial charge in [-0.15, -0.1) is 29.7 Å². The predicted molar refractivity (Wildman–Crippen MR) is 324 cm³/mol. The molecule has 9 aromatic carbocycles. The Hall–Kier alpha value is -8.11. The topological polar surface area (TPSA) is 35.9 Å². The summed E-state index contributed by atoms with van der Waals surface area (Å²) in [6, 6.07) is 52.8. The third kappa shape index (κ3) is 8.30. The third-order valence-corrected chi connectivity index (χ3v) is 16.5. The summed E-state index contributed by atoms with van der Waals surface area (Å²) in [5, 5.41) is 1.98. The van der Waals surface area contributed by atoms with Crippen molar-refractivity contribution >= 4 is 32.8 Å². The van der Waals surface area contributed by atoms with Crippen molar-refractivity contribution in [3.05, 3.63) is 234 Å². The molecule has 0 spiro atoms. The molecular weight excluding hydrogens is 1160 g/mol. The van der Waals surface area contributed by atoms with Gasteiger partial charge >= 0.3 is 0 Å². The zero-order valence-electron chi connectivity index (χ0n) is 56.4. The Morgan fingerprint density at radius 3 is 1.99 bits per heavy atom. The SMILES string of the molecule is [2H]c1c([2H])c([2H])c(-c2cccc3c2-[n+]2[c-]n(-c4[c-]c(Oc5[c-]c6c(cc5)c5ccccc5n6-c5cc(C(C)(C)C)ccn5)ccc4)c4cc(-c5c(C([2H])([2H])[2H])cccc5C([2H])([2H])[2H])cc(c42)-c2ccccc2-c2cc4c(cc2-3)C(C)(C)CCC4(C)C)c([2H])c1[2H].[Pt]. The van der Waals surface area contributed by atoms with E-state index in [1.165, 1.54) is 29.3 Å². The number of benzene rings is 9. The summed E-state index contributed by atoms with van der Waals surface area (Å²) in [7, 11) is 0. The molecule has 0 saturated carbocycles. The minimum atomic E-state index is -2.75. The van der Waals surface area contributed by atoms with Crippen LogP contribution in [0.1, 0.15) is 104 Å². The van der Waals surface area contributed by atoms with E-state index in [1.807, 2.05) is 89.6 Å². The summed E-state index contributed by atoms with van der Waals surface area (Å²) in [6.07, 6.45) is 7.43. The molecule has 3 aromatic heterocycles. The van der Waals surface area contributed by atoms with Crippen LogP contribution in [0, 0.1) is 32.2 Å². The molecular formula is C74H62N4OPt-2. The van der Waals surface area contributed by atoms with Gasteiger partial charge in [-0.05, 0) is 168 Å². The summed E-state index contributed by atoms with van der Waals surface area (Å²) >= 11 is 0. The van der Waals surface area contributed by atoms with Crippen molar-refractivity contribution in [2.45, 2.75) is 91.3 Å². The minimum absolute atomic E-state index is 0. The van der Waals surface area contributed by atoms with Crippen LogP contribution in [0.25, 0.3) is 106 Å². The van der Waals surface area contributed by atoms with E-state index >= 15 is 0 Å². The number of rotatable bonds is 6. The third-order valence-electron chi connectivity index (χ3n) is 16.5. The second kappa shape index (κ2) is 19.0. The molecule has 0 unspecified atom stereocenters. The smallest absolute Gasteiger partial charge is 0.268 e. The number of aromatic nitrogens is 4. The molecule has 4 heterocycles. The molecule has 0 saturated heterocycles. The summed E-state index contributed by atoms with van der Waals surface area (Å²) in [4.78, 5) is 4.87. The van der Waals surface area contributed by atoms with Crippen molar-refractivity contribution in [3.63, 3.8) is 0 Å². The molecule has 80 heavy (non-hydrogen) atoms. The monoisotopic (exact) mass is 1230 g/mol. The Balaban J connectivity index is 0.00000758. The van der Waals surface area contributed by atoms with Crippen LogP contribution >= 0.6 is 0 Å². The van der Waals surface area contributed by atoms with Gasteiger partial charge in [0.1, 0.15) is 5.82 Å². The average Bonchev–Trinajstić information content (AvgIpc) is 1.53. The molecule has 0 amide bonds. The minimum Gasteiger partial charge on any atom is -0.510 e. The molecule has 1 aliphatic carbocycles. The molecule has 0 N–H and O–H groups in total. The van der Waals surface area contributed by atoms with Gasteiger partial charge in [0.05, 0.1) is 23.6 Å². The molecule has 0 radical (unpaired) electrons.